The molecule has 0 bridgehead atoms. The standard InChI is InChI=1S/C14H17NO.ClH/c1-2-4-14-10-15(7-5-13(14)3-1)9-12-6-8-16-11-12;/h1-4,11H,5-10H2;1H. The molecule has 3 heteroatoms. The lowest BCUT2D eigenvalue weighted by Crippen LogP contribution is -2.31. The molecular formula is C14H18ClNO. The molecule has 1 aromatic carbocycles. The molecule has 92 valence electrons. The van der Waals surface area contributed by atoms with Gasteiger partial charge in [0.15, 0.2) is 0 Å². The molecule has 0 saturated carbocycles. The molecule has 0 fully saturated rings. The Labute approximate surface area is 109 Å². The zero-order valence-corrected chi connectivity index (χ0v) is 10.7. The fraction of sp³-hybridized carbons (Fsp3) is 0.429. The van der Waals surface area contributed by atoms with E-state index in [2.05, 4.69) is 29.2 Å². The zero-order chi connectivity index (χ0) is 10.8. The van der Waals surface area contributed by atoms with E-state index in [4.69, 9.17) is 4.74 Å². The first-order chi connectivity index (χ1) is 7.92. The minimum absolute atomic E-state index is 0. The first-order valence-electron chi connectivity index (χ1n) is 6.00. The molecule has 0 atom stereocenters. The number of rotatable bonds is 2. The molecule has 2 nitrogen and oxygen atoms in total. The third-order valence-electron chi connectivity index (χ3n) is 3.43. The molecule has 0 saturated heterocycles. The number of hydrogen-bond acceptors (Lipinski definition) is 2. The van der Waals surface area contributed by atoms with E-state index in [1.165, 1.54) is 29.7 Å². The van der Waals surface area contributed by atoms with Crippen LogP contribution in [0, 0.1) is 0 Å². The van der Waals surface area contributed by atoms with Gasteiger partial charge in [0.25, 0.3) is 0 Å². The van der Waals surface area contributed by atoms with Crippen LogP contribution in [0.2, 0.25) is 0 Å². The monoisotopic (exact) mass is 251 g/mol. The number of benzene rings is 1. The lowest BCUT2D eigenvalue weighted by Gasteiger charge is -2.28. The Kier molecular flexibility index (Phi) is 4.08. The summed E-state index contributed by atoms with van der Waals surface area (Å²) in [6, 6.07) is 8.79. The van der Waals surface area contributed by atoms with Gasteiger partial charge in [-0.2, -0.15) is 0 Å². The van der Waals surface area contributed by atoms with E-state index >= 15 is 0 Å². The smallest absolute Gasteiger partial charge is 0.0912 e. The largest absolute Gasteiger partial charge is 0.501 e. The molecule has 0 N–H and O–H groups in total. The fourth-order valence-corrected chi connectivity index (χ4v) is 2.52. The quantitative estimate of drug-likeness (QED) is 0.802. The van der Waals surface area contributed by atoms with Crippen molar-refractivity contribution in [3.63, 3.8) is 0 Å². The molecule has 1 aromatic rings. The van der Waals surface area contributed by atoms with Gasteiger partial charge < -0.3 is 4.74 Å². The van der Waals surface area contributed by atoms with Gasteiger partial charge in [-0.25, -0.2) is 0 Å². The van der Waals surface area contributed by atoms with Crippen molar-refractivity contribution in [2.75, 3.05) is 19.7 Å². The Hall–Kier alpha value is -0.990. The van der Waals surface area contributed by atoms with Gasteiger partial charge in [-0.05, 0) is 23.1 Å². The van der Waals surface area contributed by atoms with Crippen LogP contribution in [0.1, 0.15) is 17.5 Å². The molecule has 0 unspecified atom stereocenters. The fourth-order valence-electron chi connectivity index (χ4n) is 2.52. The first kappa shape index (κ1) is 12.5. The minimum Gasteiger partial charge on any atom is -0.501 e. The lowest BCUT2D eigenvalue weighted by atomic mass is 9.99. The van der Waals surface area contributed by atoms with Crippen LogP contribution in [0.25, 0.3) is 0 Å². The van der Waals surface area contributed by atoms with E-state index < -0.39 is 0 Å². The Morgan fingerprint density at radius 3 is 2.71 bits per heavy atom. The van der Waals surface area contributed by atoms with E-state index in [0.29, 0.717) is 0 Å². The molecule has 0 radical (unpaired) electrons. The van der Waals surface area contributed by atoms with Crippen molar-refractivity contribution in [3.05, 3.63) is 47.2 Å². The summed E-state index contributed by atoms with van der Waals surface area (Å²) < 4.78 is 5.28. The van der Waals surface area contributed by atoms with Crippen molar-refractivity contribution in [1.29, 1.82) is 0 Å². The van der Waals surface area contributed by atoms with Gasteiger partial charge >= 0.3 is 0 Å². The zero-order valence-electron chi connectivity index (χ0n) is 9.89. The molecular weight excluding hydrogens is 234 g/mol. The molecule has 0 amide bonds. The van der Waals surface area contributed by atoms with Gasteiger partial charge in [-0.15, -0.1) is 12.4 Å². The van der Waals surface area contributed by atoms with Crippen molar-refractivity contribution in [2.24, 2.45) is 0 Å². The Morgan fingerprint density at radius 2 is 1.94 bits per heavy atom. The Morgan fingerprint density at radius 1 is 1.12 bits per heavy atom. The maximum atomic E-state index is 5.28. The normalized spacial score (nSPS) is 18.9. The maximum Gasteiger partial charge on any atom is 0.0912 e. The molecule has 2 aliphatic rings. The number of nitrogens with zero attached hydrogens (tertiary/aromatic N) is 1. The Bertz CT molecular complexity index is 416. The van der Waals surface area contributed by atoms with Crippen molar-refractivity contribution >= 4 is 12.4 Å². The van der Waals surface area contributed by atoms with Gasteiger partial charge in [0.05, 0.1) is 12.9 Å². The highest BCUT2D eigenvalue weighted by Gasteiger charge is 2.17. The predicted molar refractivity (Wildman–Crippen MR) is 71.3 cm³/mol. The summed E-state index contributed by atoms with van der Waals surface area (Å²) >= 11 is 0. The van der Waals surface area contributed by atoms with E-state index in [0.717, 1.165) is 26.1 Å². The third-order valence-corrected chi connectivity index (χ3v) is 3.43. The predicted octanol–water partition coefficient (Wildman–Crippen LogP) is 2.77. The summed E-state index contributed by atoms with van der Waals surface area (Å²) in [5.41, 5.74) is 4.46. The van der Waals surface area contributed by atoms with Crippen LogP contribution >= 0.6 is 12.4 Å². The molecule has 0 aromatic heterocycles. The van der Waals surface area contributed by atoms with E-state index in [9.17, 15) is 0 Å². The van der Waals surface area contributed by atoms with Crippen LogP contribution in [0.5, 0.6) is 0 Å². The summed E-state index contributed by atoms with van der Waals surface area (Å²) in [6.45, 7) is 4.22. The highest BCUT2D eigenvalue weighted by atomic mass is 35.5. The number of hydrogen-bond donors (Lipinski definition) is 0. The average molecular weight is 252 g/mol. The number of halogens is 1. The Balaban J connectivity index is 0.00000108. The van der Waals surface area contributed by atoms with Crippen LogP contribution in [0.3, 0.4) is 0 Å². The number of ether oxygens (including phenoxy) is 1. The highest BCUT2D eigenvalue weighted by Crippen LogP contribution is 2.20. The summed E-state index contributed by atoms with van der Waals surface area (Å²) in [5.74, 6) is 0. The van der Waals surface area contributed by atoms with Crippen molar-refractivity contribution in [2.45, 2.75) is 19.4 Å². The second-order valence-corrected chi connectivity index (χ2v) is 4.63. The highest BCUT2D eigenvalue weighted by molar-refractivity contribution is 5.85. The molecule has 3 rings (SSSR count). The maximum absolute atomic E-state index is 5.28. The van der Waals surface area contributed by atoms with E-state index in [1.54, 1.807) is 0 Å². The van der Waals surface area contributed by atoms with Gasteiger partial charge in [0.1, 0.15) is 0 Å². The second-order valence-electron chi connectivity index (χ2n) is 4.63. The average Bonchev–Trinajstić information content (AvgIpc) is 2.82. The lowest BCUT2D eigenvalue weighted by molar-refractivity contribution is 0.274. The first-order valence-corrected chi connectivity index (χ1v) is 6.00. The van der Waals surface area contributed by atoms with Crippen LogP contribution < -0.4 is 0 Å². The van der Waals surface area contributed by atoms with Crippen molar-refractivity contribution in [3.8, 4) is 0 Å². The summed E-state index contributed by atoms with van der Waals surface area (Å²) in [5, 5.41) is 0. The van der Waals surface area contributed by atoms with Crippen LogP contribution in [-0.4, -0.2) is 24.6 Å². The van der Waals surface area contributed by atoms with E-state index in [1.807, 2.05) is 6.26 Å². The third kappa shape index (κ3) is 2.82. The minimum atomic E-state index is 0. The molecule has 2 heterocycles. The van der Waals surface area contributed by atoms with Crippen LogP contribution in [0.15, 0.2) is 36.1 Å². The molecule has 0 aliphatic carbocycles. The summed E-state index contributed by atoms with van der Waals surface area (Å²) in [4.78, 5) is 2.52. The van der Waals surface area contributed by atoms with E-state index in [-0.39, 0.29) is 12.4 Å². The van der Waals surface area contributed by atoms with Crippen LogP contribution in [-0.2, 0) is 17.7 Å². The summed E-state index contributed by atoms with van der Waals surface area (Å²) in [7, 11) is 0. The van der Waals surface area contributed by atoms with Crippen molar-refractivity contribution in [1.82, 2.24) is 4.90 Å². The topological polar surface area (TPSA) is 12.5 Å². The van der Waals surface area contributed by atoms with Gasteiger partial charge in [-0.1, -0.05) is 24.3 Å². The van der Waals surface area contributed by atoms with Gasteiger partial charge in [0.2, 0.25) is 0 Å². The SMILES string of the molecule is C1=C(CN2CCc3ccccc3C2)CCO1.Cl. The second kappa shape index (κ2) is 5.56. The van der Waals surface area contributed by atoms with Gasteiger partial charge in [-0.3, -0.25) is 4.90 Å². The molecule has 17 heavy (non-hydrogen) atoms. The van der Waals surface area contributed by atoms with Crippen molar-refractivity contribution < 1.29 is 4.74 Å². The number of fused-ring (bicyclic) bond motifs is 1. The van der Waals surface area contributed by atoms with Crippen LogP contribution in [0.4, 0.5) is 0 Å². The molecule has 2 aliphatic heterocycles. The van der Waals surface area contributed by atoms with Gasteiger partial charge in [0, 0.05) is 26.1 Å². The summed E-state index contributed by atoms with van der Waals surface area (Å²) in [6.07, 6.45) is 4.24. The molecule has 0 spiro atoms.